The van der Waals surface area contributed by atoms with Gasteiger partial charge in [-0.3, -0.25) is 4.79 Å². The first-order valence-corrected chi connectivity index (χ1v) is 6.13. The number of carbonyl (C=O) groups excluding carboxylic acids is 1. The van der Waals surface area contributed by atoms with Gasteiger partial charge in [-0.15, -0.1) is 0 Å². The molecule has 0 saturated heterocycles. The van der Waals surface area contributed by atoms with Crippen molar-refractivity contribution < 1.29 is 4.79 Å². The number of nitrogens with zero attached hydrogens (tertiary/aromatic N) is 2. The van der Waals surface area contributed by atoms with Gasteiger partial charge >= 0.3 is 0 Å². The summed E-state index contributed by atoms with van der Waals surface area (Å²) >= 11 is 0. The molecule has 1 rings (SSSR count). The summed E-state index contributed by atoms with van der Waals surface area (Å²) in [6, 6.07) is 0. The van der Waals surface area contributed by atoms with E-state index in [1.54, 1.807) is 0 Å². The monoisotopic (exact) mass is 251 g/mol. The van der Waals surface area contributed by atoms with Gasteiger partial charge in [0.15, 0.2) is 0 Å². The normalized spacial score (nSPS) is 10.3. The Morgan fingerprint density at radius 2 is 2.00 bits per heavy atom. The summed E-state index contributed by atoms with van der Waals surface area (Å²) in [6.07, 6.45) is 1.48. The van der Waals surface area contributed by atoms with Crippen molar-refractivity contribution in [3.63, 3.8) is 0 Å². The van der Waals surface area contributed by atoms with Crippen LogP contribution >= 0.6 is 0 Å². The van der Waals surface area contributed by atoms with Gasteiger partial charge in [-0.1, -0.05) is 13.8 Å². The van der Waals surface area contributed by atoms with Crippen molar-refractivity contribution in [3.05, 3.63) is 11.9 Å². The van der Waals surface area contributed by atoms with Gasteiger partial charge in [-0.05, 0) is 12.8 Å². The van der Waals surface area contributed by atoms with Crippen molar-refractivity contribution in [1.29, 1.82) is 0 Å². The van der Waals surface area contributed by atoms with Crippen molar-refractivity contribution in [2.24, 2.45) is 0 Å². The maximum atomic E-state index is 11.4. The van der Waals surface area contributed by atoms with E-state index in [0.29, 0.717) is 12.4 Å². The fourth-order valence-electron chi connectivity index (χ4n) is 1.71. The zero-order chi connectivity index (χ0) is 13.5. The molecule has 18 heavy (non-hydrogen) atoms. The zero-order valence-electron chi connectivity index (χ0n) is 11.4. The smallest absolute Gasteiger partial charge is 0.239 e. The SMILES string of the molecule is CCNC(=O)CNc1ncnc(NC)c1C(C)C. The van der Waals surface area contributed by atoms with E-state index in [1.807, 2.05) is 14.0 Å². The van der Waals surface area contributed by atoms with Crippen LogP contribution in [0.1, 0.15) is 32.3 Å². The van der Waals surface area contributed by atoms with Crippen LogP contribution in [0, 0.1) is 0 Å². The maximum absolute atomic E-state index is 11.4. The topological polar surface area (TPSA) is 78.9 Å². The molecule has 1 aromatic rings. The fraction of sp³-hybridized carbons (Fsp3) is 0.583. The quantitative estimate of drug-likeness (QED) is 0.708. The largest absolute Gasteiger partial charge is 0.373 e. The molecule has 1 heterocycles. The van der Waals surface area contributed by atoms with E-state index in [-0.39, 0.29) is 18.4 Å². The first kappa shape index (κ1) is 14.2. The maximum Gasteiger partial charge on any atom is 0.239 e. The second-order valence-corrected chi connectivity index (χ2v) is 4.20. The minimum atomic E-state index is -0.0446. The third kappa shape index (κ3) is 3.58. The van der Waals surface area contributed by atoms with Gasteiger partial charge < -0.3 is 16.0 Å². The number of likely N-dealkylation sites (N-methyl/N-ethyl adjacent to an activating group) is 1. The van der Waals surface area contributed by atoms with E-state index in [2.05, 4.69) is 39.8 Å². The number of hydrogen-bond donors (Lipinski definition) is 3. The highest BCUT2D eigenvalue weighted by atomic mass is 16.1. The standard InChI is InChI=1S/C12H21N5O/c1-5-14-9(18)6-15-12-10(8(2)3)11(13-4)16-7-17-12/h7-8H,5-6H2,1-4H3,(H,14,18)(H2,13,15,16,17). The summed E-state index contributed by atoms with van der Waals surface area (Å²) in [4.78, 5) is 19.8. The summed E-state index contributed by atoms with van der Waals surface area (Å²) in [5.41, 5.74) is 0.990. The molecule has 0 bridgehead atoms. The van der Waals surface area contributed by atoms with Crippen molar-refractivity contribution in [1.82, 2.24) is 15.3 Å². The molecule has 100 valence electrons. The van der Waals surface area contributed by atoms with Gasteiger partial charge in [0.2, 0.25) is 5.91 Å². The molecule has 1 aromatic heterocycles. The Hall–Kier alpha value is -1.85. The highest BCUT2D eigenvalue weighted by Gasteiger charge is 2.14. The molecule has 0 aliphatic rings. The van der Waals surface area contributed by atoms with Crippen LogP contribution in [-0.2, 0) is 4.79 Å². The Balaban J connectivity index is 2.84. The molecule has 0 aliphatic heterocycles. The molecule has 0 radical (unpaired) electrons. The summed E-state index contributed by atoms with van der Waals surface area (Å²) < 4.78 is 0. The van der Waals surface area contributed by atoms with Crippen LogP contribution in [-0.4, -0.2) is 36.0 Å². The molecular weight excluding hydrogens is 230 g/mol. The lowest BCUT2D eigenvalue weighted by molar-refractivity contribution is -0.119. The Labute approximate surface area is 108 Å². The Morgan fingerprint density at radius 3 is 2.56 bits per heavy atom. The number of nitrogens with one attached hydrogen (secondary N) is 3. The predicted octanol–water partition coefficient (Wildman–Crippen LogP) is 1.19. The molecule has 1 amide bonds. The zero-order valence-corrected chi connectivity index (χ0v) is 11.4. The second-order valence-electron chi connectivity index (χ2n) is 4.20. The van der Waals surface area contributed by atoms with Crippen LogP contribution in [0.15, 0.2) is 6.33 Å². The highest BCUT2D eigenvalue weighted by molar-refractivity contribution is 5.80. The van der Waals surface area contributed by atoms with Crippen molar-refractivity contribution in [2.75, 3.05) is 30.8 Å². The molecule has 0 aliphatic carbocycles. The molecule has 3 N–H and O–H groups in total. The van der Waals surface area contributed by atoms with Crippen LogP contribution in [0.5, 0.6) is 0 Å². The lowest BCUT2D eigenvalue weighted by atomic mass is 10.0. The van der Waals surface area contributed by atoms with Crippen LogP contribution < -0.4 is 16.0 Å². The van der Waals surface area contributed by atoms with Gasteiger partial charge in [0, 0.05) is 19.2 Å². The van der Waals surface area contributed by atoms with E-state index < -0.39 is 0 Å². The molecule has 6 nitrogen and oxygen atoms in total. The molecule has 0 atom stereocenters. The van der Waals surface area contributed by atoms with E-state index in [0.717, 1.165) is 11.4 Å². The van der Waals surface area contributed by atoms with Crippen LogP contribution in [0.3, 0.4) is 0 Å². The van der Waals surface area contributed by atoms with E-state index >= 15 is 0 Å². The third-order valence-corrected chi connectivity index (χ3v) is 2.49. The van der Waals surface area contributed by atoms with Gasteiger partial charge in [-0.25, -0.2) is 9.97 Å². The first-order valence-electron chi connectivity index (χ1n) is 6.13. The molecule has 6 heteroatoms. The number of hydrogen-bond acceptors (Lipinski definition) is 5. The van der Waals surface area contributed by atoms with Crippen LogP contribution in [0.2, 0.25) is 0 Å². The molecule has 0 spiro atoms. The fourth-order valence-corrected chi connectivity index (χ4v) is 1.71. The summed E-state index contributed by atoms with van der Waals surface area (Å²) in [7, 11) is 1.82. The molecular formula is C12H21N5O. The minimum Gasteiger partial charge on any atom is -0.373 e. The Bertz CT molecular complexity index is 405. The molecule has 0 fully saturated rings. The Morgan fingerprint density at radius 1 is 1.33 bits per heavy atom. The van der Waals surface area contributed by atoms with E-state index in [1.165, 1.54) is 6.33 Å². The third-order valence-electron chi connectivity index (χ3n) is 2.49. The summed E-state index contributed by atoms with van der Waals surface area (Å²) in [5, 5.41) is 8.82. The van der Waals surface area contributed by atoms with E-state index in [4.69, 9.17) is 0 Å². The van der Waals surface area contributed by atoms with Gasteiger partial charge in [-0.2, -0.15) is 0 Å². The number of aromatic nitrogens is 2. The number of carbonyl (C=O) groups is 1. The number of rotatable bonds is 6. The first-order chi connectivity index (χ1) is 8.60. The average Bonchev–Trinajstić information content (AvgIpc) is 2.35. The second kappa shape index (κ2) is 6.78. The predicted molar refractivity (Wildman–Crippen MR) is 72.8 cm³/mol. The van der Waals surface area contributed by atoms with Gasteiger partial charge in [0.05, 0.1) is 6.54 Å². The van der Waals surface area contributed by atoms with Crippen molar-refractivity contribution in [3.8, 4) is 0 Å². The summed E-state index contributed by atoms with van der Waals surface area (Å²) in [6.45, 7) is 6.87. The number of amides is 1. The Kier molecular flexibility index (Phi) is 5.35. The van der Waals surface area contributed by atoms with Gasteiger partial charge in [0.1, 0.15) is 18.0 Å². The molecule has 0 unspecified atom stereocenters. The molecule has 0 saturated carbocycles. The van der Waals surface area contributed by atoms with Crippen LogP contribution in [0.4, 0.5) is 11.6 Å². The van der Waals surface area contributed by atoms with Crippen molar-refractivity contribution >= 4 is 17.5 Å². The lowest BCUT2D eigenvalue weighted by Gasteiger charge is -2.16. The van der Waals surface area contributed by atoms with Crippen molar-refractivity contribution in [2.45, 2.75) is 26.7 Å². The molecule has 0 aromatic carbocycles. The average molecular weight is 251 g/mol. The van der Waals surface area contributed by atoms with E-state index in [9.17, 15) is 4.79 Å². The summed E-state index contributed by atoms with van der Waals surface area (Å²) in [5.74, 6) is 1.72. The number of anilines is 2. The highest BCUT2D eigenvalue weighted by Crippen LogP contribution is 2.27. The lowest BCUT2D eigenvalue weighted by Crippen LogP contribution is -2.30. The minimum absolute atomic E-state index is 0.0446. The van der Waals surface area contributed by atoms with Gasteiger partial charge in [0.25, 0.3) is 0 Å². The van der Waals surface area contributed by atoms with Crippen LogP contribution in [0.25, 0.3) is 0 Å².